The predicted molar refractivity (Wildman–Crippen MR) is 73.9 cm³/mol. The molecule has 94 valence electrons. The zero-order valence-electron chi connectivity index (χ0n) is 10.1. The third-order valence-electron chi connectivity index (χ3n) is 2.13. The predicted octanol–water partition coefficient (Wildman–Crippen LogP) is 1.89. The number of benzene rings is 1. The SMILES string of the molecule is COCC(C)NC(N)=NCc1cccc(Br)c1. The molecule has 0 saturated heterocycles. The molecule has 1 aromatic rings. The third-order valence-corrected chi connectivity index (χ3v) is 2.63. The topological polar surface area (TPSA) is 59.6 Å². The van der Waals surface area contributed by atoms with Crippen LogP contribution >= 0.6 is 15.9 Å². The van der Waals surface area contributed by atoms with Crippen LogP contribution in [0.15, 0.2) is 33.7 Å². The zero-order chi connectivity index (χ0) is 12.7. The summed E-state index contributed by atoms with van der Waals surface area (Å²) in [6.07, 6.45) is 0. The van der Waals surface area contributed by atoms with Gasteiger partial charge >= 0.3 is 0 Å². The lowest BCUT2D eigenvalue weighted by Gasteiger charge is -2.13. The highest BCUT2D eigenvalue weighted by atomic mass is 79.9. The van der Waals surface area contributed by atoms with E-state index < -0.39 is 0 Å². The fourth-order valence-electron chi connectivity index (χ4n) is 1.40. The second-order valence-corrected chi connectivity index (χ2v) is 4.75. The van der Waals surface area contributed by atoms with Gasteiger partial charge in [-0.1, -0.05) is 28.1 Å². The minimum Gasteiger partial charge on any atom is -0.383 e. The molecule has 0 saturated carbocycles. The van der Waals surface area contributed by atoms with Crippen molar-refractivity contribution in [3.8, 4) is 0 Å². The van der Waals surface area contributed by atoms with Gasteiger partial charge < -0.3 is 15.8 Å². The van der Waals surface area contributed by atoms with Gasteiger partial charge in [0.05, 0.1) is 13.2 Å². The van der Waals surface area contributed by atoms with Crippen molar-refractivity contribution in [2.24, 2.45) is 10.7 Å². The molecule has 1 aromatic carbocycles. The number of methoxy groups -OCH3 is 1. The van der Waals surface area contributed by atoms with Crippen molar-refractivity contribution >= 4 is 21.9 Å². The van der Waals surface area contributed by atoms with Gasteiger partial charge in [-0.2, -0.15) is 0 Å². The lowest BCUT2D eigenvalue weighted by Crippen LogP contribution is -2.40. The van der Waals surface area contributed by atoms with Gasteiger partial charge in [-0.05, 0) is 24.6 Å². The third kappa shape index (κ3) is 5.70. The molecule has 5 heteroatoms. The quantitative estimate of drug-likeness (QED) is 0.645. The summed E-state index contributed by atoms with van der Waals surface area (Å²) in [4.78, 5) is 4.26. The molecule has 1 unspecified atom stereocenters. The first-order valence-electron chi connectivity index (χ1n) is 5.41. The van der Waals surface area contributed by atoms with Gasteiger partial charge in [0.25, 0.3) is 0 Å². The maximum Gasteiger partial charge on any atom is 0.189 e. The highest BCUT2D eigenvalue weighted by molar-refractivity contribution is 9.10. The van der Waals surface area contributed by atoms with Crippen LogP contribution < -0.4 is 11.1 Å². The van der Waals surface area contributed by atoms with E-state index in [1.165, 1.54) is 0 Å². The van der Waals surface area contributed by atoms with E-state index in [-0.39, 0.29) is 6.04 Å². The molecule has 0 spiro atoms. The van der Waals surface area contributed by atoms with E-state index in [0.717, 1.165) is 10.0 Å². The molecular formula is C12H18BrN3O. The van der Waals surface area contributed by atoms with Gasteiger partial charge in [0.2, 0.25) is 0 Å². The van der Waals surface area contributed by atoms with E-state index in [1.807, 2.05) is 31.2 Å². The summed E-state index contributed by atoms with van der Waals surface area (Å²) in [5.74, 6) is 0.439. The summed E-state index contributed by atoms with van der Waals surface area (Å²) in [6, 6.07) is 8.16. The van der Waals surface area contributed by atoms with Crippen LogP contribution in [0.1, 0.15) is 12.5 Å². The lowest BCUT2D eigenvalue weighted by atomic mass is 10.2. The number of hydrogen-bond acceptors (Lipinski definition) is 2. The Morgan fingerprint density at radius 2 is 2.35 bits per heavy atom. The van der Waals surface area contributed by atoms with Gasteiger partial charge in [-0.15, -0.1) is 0 Å². The molecule has 4 nitrogen and oxygen atoms in total. The molecule has 1 atom stereocenters. The molecule has 0 radical (unpaired) electrons. The van der Waals surface area contributed by atoms with Crippen molar-refractivity contribution in [1.82, 2.24) is 5.32 Å². The Balaban J connectivity index is 2.47. The smallest absolute Gasteiger partial charge is 0.189 e. The van der Waals surface area contributed by atoms with Crippen molar-refractivity contribution in [3.63, 3.8) is 0 Å². The van der Waals surface area contributed by atoms with Crippen LogP contribution in [0.25, 0.3) is 0 Å². The van der Waals surface area contributed by atoms with Gasteiger partial charge in [0.1, 0.15) is 0 Å². The lowest BCUT2D eigenvalue weighted by molar-refractivity contribution is 0.179. The van der Waals surface area contributed by atoms with Crippen molar-refractivity contribution in [2.75, 3.05) is 13.7 Å². The fourth-order valence-corrected chi connectivity index (χ4v) is 1.85. The van der Waals surface area contributed by atoms with Crippen LogP contribution in [0.5, 0.6) is 0 Å². The van der Waals surface area contributed by atoms with Gasteiger partial charge in [0, 0.05) is 17.6 Å². The monoisotopic (exact) mass is 299 g/mol. The zero-order valence-corrected chi connectivity index (χ0v) is 11.7. The van der Waals surface area contributed by atoms with Crippen molar-refractivity contribution in [2.45, 2.75) is 19.5 Å². The molecule has 0 aliphatic carbocycles. The number of halogens is 1. The number of ether oxygens (including phenoxy) is 1. The molecule has 0 aliphatic rings. The Hall–Kier alpha value is -1.07. The second kappa shape index (κ2) is 7.29. The van der Waals surface area contributed by atoms with Crippen molar-refractivity contribution < 1.29 is 4.74 Å². The van der Waals surface area contributed by atoms with E-state index in [0.29, 0.717) is 19.1 Å². The number of hydrogen-bond donors (Lipinski definition) is 2. The van der Waals surface area contributed by atoms with Crippen LogP contribution in [0.2, 0.25) is 0 Å². The number of aliphatic imine (C=N–C) groups is 1. The largest absolute Gasteiger partial charge is 0.383 e. The van der Waals surface area contributed by atoms with Crippen molar-refractivity contribution in [1.29, 1.82) is 0 Å². The summed E-state index contributed by atoms with van der Waals surface area (Å²) < 4.78 is 6.05. The first-order valence-corrected chi connectivity index (χ1v) is 6.21. The van der Waals surface area contributed by atoms with Gasteiger partial charge in [-0.3, -0.25) is 0 Å². The normalized spacial score (nSPS) is 13.5. The molecule has 17 heavy (non-hydrogen) atoms. The number of nitrogens with zero attached hydrogens (tertiary/aromatic N) is 1. The fraction of sp³-hybridized carbons (Fsp3) is 0.417. The van der Waals surface area contributed by atoms with Crippen LogP contribution in [-0.4, -0.2) is 25.7 Å². The van der Waals surface area contributed by atoms with Crippen LogP contribution in [0.3, 0.4) is 0 Å². The summed E-state index contributed by atoms with van der Waals surface area (Å²) in [6.45, 7) is 3.16. The molecule has 0 aromatic heterocycles. The molecule has 3 N–H and O–H groups in total. The summed E-state index contributed by atoms with van der Waals surface area (Å²) in [7, 11) is 1.66. The second-order valence-electron chi connectivity index (χ2n) is 3.83. The molecular weight excluding hydrogens is 282 g/mol. The maximum atomic E-state index is 5.76. The Bertz CT molecular complexity index is 382. The average Bonchev–Trinajstić information content (AvgIpc) is 2.27. The summed E-state index contributed by atoms with van der Waals surface area (Å²) in [5.41, 5.74) is 6.88. The van der Waals surface area contributed by atoms with Gasteiger partial charge in [-0.25, -0.2) is 4.99 Å². The van der Waals surface area contributed by atoms with Crippen LogP contribution in [-0.2, 0) is 11.3 Å². The first-order chi connectivity index (χ1) is 8.11. The Labute approximate surface area is 110 Å². The molecule has 0 aliphatic heterocycles. The summed E-state index contributed by atoms with van der Waals surface area (Å²) >= 11 is 3.42. The Kier molecular flexibility index (Phi) is 6.00. The highest BCUT2D eigenvalue weighted by Crippen LogP contribution is 2.12. The minimum absolute atomic E-state index is 0.159. The molecule has 0 amide bonds. The number of guanidine groups is 1. The maximum absolute atomic E-state index is 5.76. The van der Waals surface area contributed by atoms with E-state index in [1.54, 1.807) is 7.11 Å². The van der Waals surface area contributed by atoms with E-state index in [9.17, 15) is 0 Å². The molecule has 1 rings (SSSR count). The van der Waals surface area contributed by atoms with Crippen LogP contribution in [0, 0.1) is 0 Å². The molecule has 0 bridgehead atoms. The minimum atomic E-state index is 0.159. The Morgan fingerprint density at radius 3 is 3.00 bits per heavy atom. The first kappa shape index (κ1) is 14.0. The molecule has 0 fully saturated rings. The highest BCUT2D eigenvalue weighted by Gasteiger charge is 2.01. The standard InChI is InChI=1S/C12H18BrN3O/c1-9(8-17-2)16-12(14)15-7-10-4-3-5-11(13)6-10/h3-6,9H,7-8H2,1-2H3,(H3,14,15,16). The Morgan fingerprint density at radius 1 is 1.59 bits per heavy atom. The van der Waals surface area contributed by atoms with Gasteiger partial charge in [0.15, 0.2) is 5.96 Å². The van der Waals surface area contributed by atoms with E-state index in [4.69, 9.17) is 10.5 Å². The average molecular weight is 300 g/mol. The summed E-state index contributed by atoms with van der Waals surface area (Å²) in [5, 5.41) is 3.06. The van der Waals surface area contributed by atoms with Crippen LogP contribution in [0.4, 0.5) is 0 Å². The number of nitrogens with two attached hydrogens (primary N) is 1. The number of rotatable bonds is 5. The van der Waals surface area contributed by atoms with E-state index >= 15 is 0 Å². The number of nitrogens with one attached hydrogen (secondary N) is 1. The molecule has 0 heterocycles. The van der Waals surface area contributed by atoms with Crippen molar-refractivity contribution in [3.05, 3.63) is 34.3 Å². The van der Waals surface area contributed by atoms with E-state index in [2.05, 4.69) is 26.2 Å².